The van der Waals surface area contributed by atoms with Crippen molar-refractivity contribution in [2.24, 2.45) is 0 Å². The molecule has 2 aromatic heterocycles. The summed E-state index contributed by atoms with van der Waals surface area (Å²) in [6, 6.07) is 20.4. The minimum atomic E-state index is 0.199. The summed E-state index contributed by atoms with van der Waals surface area (Å²) in [7, 11) is 2.01. The third kappa shape index (κ3) is 6.12. The Morgan fingerprint density at radius 2 is 1.66 bits per heavy atom. The molecule has 0 amide bonds. The molecule has 29 heavy (non-hydrogen) atoms. The van der Waals surface area contributed by atoms with Crippen molar-refractivity contribution in [2.75, 3.05) is 20.2 Å². The second-order valence-corrected chi connectivity index (χ2v) is 7.26. The summed E-state index contributed by atoms with van der Waals surface area (Å²) < 4.78 is 0. The highest BCUT2D eigenvalue weighted by Crippen LogP contribution is 2.20. The zero-order valence-corrected chi connectivity index (χ0v) is 17.3. The maximum absolute atomic E-state index is 8.86. The molecule has 2 aromatic carbocycles. The highest BCUT2D eigenvalue weighted by Gasteiger charge is 2.01. The first-order valence-corrected chi connectivity index (χ1v) is 9.92. The maximum atomic E-state index is 8.86. The van der Waals surface area contributed by atoms with Gasteiger partial charge in [-0.2, -0.15) is 0 Å². The molecule has 4 aromatic rings. The van der Waals surface area contributed by atoms with E-state index in [1.807, 2.05) is 49.8 Å². The lowest BCUT2D eigenvalue weighted by Gasteiger charge is -2.15. The van der Waals surface area contributed by atoms with Crippen LogP contribution in [0.5, 0.6) is 0 Å². The van der Waals surface area contributed by atoms with Crippen LogP contribution in [0.3, 0.4) is 0 Å². The number of nitrogens with zero attached hydrogens (tertiary/aromatic N) is 3. The first-order chi connectivity index (χ1) is 14.2. The van der Waals surface area contributed by atoms with Crippen molar-refractivity contribution < 1.29 is 5.11 Å². The number of benzene rings is 2. The molecule has 0 saturated carbocycles. The van der Waals surface area contributed by atoms with E-state index in [0.29, 0.717) is 6.54 Å². The number of pyridine rings is 2. The predicted octanol–water partition coefficient (Wildman–Crippen LogP) is 4.70. The van der Waals surface area contributed by atoms with Crippen LogP contribution in [-0.4, -0.2) is 40.2 Å². The number of rotatable bonds is 5. The largest absolute Gasteiger partial charge is 0.395 e. The molecule has 5 heteroatoms. The first kappa shape index (κ1) is 21.0. The maximum Gasteiger partial charge on any atom is 0.0558 e. The van der Waals surface area contributed by atoms with E-state index in [1.165, 1.54) is 11.1 Å². The third-order valence-electron chi connectivity index (χ3n) is 4.54. The molecule has 0 aliphatic rings. The lowest BCUT2D eigenvalue weighted by Crippen LogP contribution is -2.21. The molecule has 0 radical (unpaired) electrons. The quantitative estimate of drug-likeness (QED) is 0.475. The number of likely N-dealkylation sites (N-methyl/N-ethyl adjacent to an activating group) is 1. The standard InChI is InChI=1S/C15H18N2O.C9H7NS/c1-17(9-10-18)12-13-4-6-14(7-5-13)15-3-2-8-16-11-15;11-9-3-1-2-7-6-10-5-4-8(7)9/h2-8,11,18H,9-10,12H2,1H3;1-6,11H. The number of aliphatic hydroxyl groups is 1. The fourth-order valence-electron chi connectivity index (χ4n) is 3.00. The Labute approximate surface area is 177 Å². The number of thiol groups is 1. The van der Waals surface area contributed by atoms with Gasteiger partial charge in [-0.1, -0.05) is 42.5 Å². The second-order valence-electron chi connectivity index (χ2n) is 6.77. The van der Waals surface area contributed by atoms with E-state index in [0.717, 1.165) is 27.8 Å². The van der Waals surface area contributed by atoms with E-state index in [1.54, 1.807) is 12.4 Å². The molecule has 0 atom stereocenters. The molecule has 2 heterocycles. The summed E-state index contributed by atoms with van der Waals surface area (Å²) >= 11 is 4.32. The molecule has 0 unspecified atom stereocenters. The van der Waals surface area contributed by atoms with Crippen LogP contribution in [0, 0.1) is 0 Å². The van der Waals surface area contributed by atoms with Gasteiger partial charge in [0, 0.05) is 48.2 Å². The van der Waals surface area contributed by atoms with E-state index >= 15 is 0 Å². The number of fused-ring (bicyclic) bond motifs is 1. The van der Waals surface area contributed by atoms with Gasteiger partial charge in [0.2, 0.25) is 0 Å². The van der Waals surface area contributed by atoms with Crippen LogP contribution < -0.4 is 0 Å². The van der Waals surface area contributed by atoms with Crippen LogP contribution in [0.25, 0.3) is 21.9 Å². The van der Waals surface area contributed by atoms with E-state index in [-0.39, 0.29) is 6.61 Å². The monoisotopic (exact) mass is 403 g/mol. The smallest absolute Gasteiger partial charge is 0.0558 e. The Morgan fingerprint density at radius 1 is 0.862 bits per heavy atom. The highest BCUT2D eigenvalue weighted by molar-refractivity contribution is 7.80. The fraction of sp³-hybridized carbons (Fsp3) is 0.167. The van der Waals surface area contributed by atoms with Crippen LogP contribution in [-0.2, 0) is 6.54 Å². The van der Waals surface area contributed by atoms with E-state index in [9.17, 15) is 0 Å². The molecular weight excluding hydrogens is 378 g/mol. The van der Waals surface area contributed by atoms with Gasteiger partial charge in [0.15, 0.2) is 0 Å². The van der Waals surface area contributed by atoms with Gasteiger partial charge in [0.25, 0.3) is 0 Å². The third-order valence-corrected chi connectivity index (χ3v) is 4.93. The molecule has 0 aliphatic carbocycles. The molecule has 0 bridgehead atoms. The minimum Gasteiger partial charge on any atom is -0.395 e. The van der Waals surface area contributed by atoms with Gasteiger partial charge in [-0.3, -0.25) is 14.9 Å². The van der Waals surface area contributed by atoms with Crippen LogP contribution in [0.1, 0.15) is 5.56 Å². The number of aliphatic hydroxyl groups excluding tert-OH is 1. The van der Waals surface area contributed by atoms with Gasteiger partial charge < -0.3 is 5.11 Å². The fourth-order valence-corrected chi connectivity index (χ4v) is 3.29. The Morgan fingerprint density at radius 3 is 2.34 bits per heavy atom. The number of aromatic nitrogens is 2. The van der Waals surface area contributed by atoms with Crippen molar-refractivity contribution in [3.05, 3.63) is 91.0 Å². The van der Waals surface area contributed by atoms with E-state index in [4.69, 9.17) is 5.11 Å². The average molecular weight is 404 g/mol. The first-order valence-electron chi connectivity index (χ1n) is 9.48. The Kier molecular flexibility index (Phi) is 7.76. The van der Waals surface area contributed by atoms with Crippen molar-refractivity contribution in [1.82, 2.24) is 14.9 Å². The van der Waals surface area contributed by atoms with Gasteiger partial charge in [-0.25, -0.2) is 0 Å². The SMILES string of the molecule is CN(CCO)Cc1ccc(-c2cccnc2)cc1.Sc1cccc2cnccc12. The normalized spacial score (nSPS) is 10.6. The lowest BCUT2D eigenvalue weighted by atomic mass is 10.1. The molecular formula is C24H25N3OS. The van der Waals surface area contributed by atoms with Crippen LogP contribution in [0.4, 0.5) is 0 Å². The molecule has 1 N–H and O–H groups in total. The van der Waals surface area contributed by atoms with Crippen molar-refractivity contribution in [1.29, 1.82) is 0 Å². The summed E-state index contributed by atoms with van der Waals surface area (Å²) in [5.74, 6) is 0. The summed E-state index contributed by atoms with van der Waals surface area (Å²) in [6.45, 7) is 1.75. The van der Waals surface area contributed by atoms with Crippen molar-refractivity contribution in [3.8, 4) is 11.1 Å². The summed E-state index contributed by atoms with van der Waals surface area (Å²) in [6.07, 6.45) is 7.27. The highest BCUT2D eigenvalue weighted by atomic mass is 32.1. The van der Waals surface area contributed by atoms with Crippen LogP contribution >= 0.6 is 12.6 Å². The molecule has 4 nitrogen and oxygen atoms in total. The molecule has 4 rings (SSSR count). The van der Waals surface area contributed by atoms with Crippen molar-refractivity contribution in [2.45, 2.75) is 11.4 Å². The van der Waals surface area contributed by atoms with Crippen LogP contribution in [0.15, 0.2) is 90.3 Å². The summed E-state index contributed by atoms with van der Waals surface area (Å²) in [4.78, 5) is 11.2. The Balaban J connectivity index is 0.000000186. The molecule has 0 saturated heterocycles. The number of hydrogen-bond donors (Lipinski definition) is 2. The van der Waals surface area contributed by atoms with E-state index in [2.05, 4.69) is 57.8 Å². The predicted molar refractivity (Wildman–Crippen MR) is 122 cm³/mol. The zero-order chi connectivity index (χ0) is 20.5. The van der Waals surface area contributed by atoms with E-state index < -0.39 is 0 Å². The second kappa shape index (κ2) is 10.7. The molecule has 0 aliphatic heterocycles. The molecule has 0 spiro atoms. The van der Waals surface area contributed by atoms with Gasteiger partial charge >= 0.3 is 0 Å². The topological polar surface area (TPSA) is 49.2 Å². The van der Waals surface area contributed by atoms with Gasteiger partial charge in [-0.05, 0) is 47.3 Å². The van der Waals surface area contributed by atoms with Gasteiger partial charge in [0.1, 0.15) is 0 Å². The van der Waals surface area contributed by atoms with Crippen molar-refractivity contribution in [3.63, 3.8) is 0 Å². The summed E-state index contributed by atoms with van der Waals surface area (Å²) in [5.41, 5.74) is 3.56. The molecule has 148 valence electrons. The minimum absolute atomic E-state index is 0.199. The van der Waals surface area contributed by atoms with Crippen LogP contribution in [0.2, 0.25) is 0 Å². The van der Waals surface area contributed by atoms with Crippen molar-refractivity contribution >= 4 is 23.4 Å². The van der Waals surface area contributed by atoms with Gasteiger partial charge in [-0.15, -0.1) is 12.6 Å². The number of hydrogen-bond acceptors (Lipinski definition) is 5. The Hall–Kier alpha value is -2.73. The Bertz CT molecular complexity index is 1020. The molecule has 0 fully saturated rings. The zero-order valence-electron chi connectivity index (χ0n) is 16.4. The van der Waals surface area contributed by atoms with Gasteiger partial charge in [0.05, 0.1) is 6.61 Å². The average Bonchev–Trinajstić information content (AvgIpc) is 2.76. The summed E-state index contributed by atoms with van der Waals surface area (Å²) in [5, 5.41) is 11.2. The lowest BCUT2D eigenvalue weighted by molar-refractivity contribution is 0.217.